The van der Waals surface area contributed by atoms with E-state index in [0.717, 1.165) is 16.2 Å². The molecule has 6 N–H and O–H groups in total. The van der Waals surface area contributed by atoms with Gasteiger partial charge in [0.2, 0.25) is 0 Å². The van der Waals surface area contributed by atoms with E-state index in [4.69, 9.17) is 5.41 Å². The van der Waals surface area contributed by atoms with Crippen LogP contribution in [0.15, 0.2) is 27.0 Å². The molecule has 19 heteroatoms. The highest BCUT2D eigenvalue weighted by molar-refractivity contribution is 8.01. The van der Waals surface area contributed by atoms with Crippen molar-refractivity contribution in [2.75, 3.05) is 18.6 Å². The lowest BCUT2D eigenvalue weighted by atomic mass is 10.0. The maximum Gasteiger partial charge on any atom is 0.433 e. The van der Waals surface area contributed by atoms with Crippen LogP contribution in [-0.2, 0) is 32.9 Å². The van der Waals surface area contributed by atoms with Crippen molar-refractivity contribution in [3.8, 4) is 0 Å². The summed E-state index contributed by atoms with van der Waals surface area (Å²) in [5, 5.41) is 44.1. The van der Waals surface area contributed by atoms with Gasteiger partial charge in [0.15, 0.2) is 21.5 Å². The van der Waals surface area contributed by atoms with Crippen LogP contribution in [0.25, 0.3) is 0 Å². The molecule has 202 valence electrons. The molecule has 0 saturated carbocycles. The van der Waals surface area contributed by atoms with Crippen LogP contribution in [0, 0.1) is 5.41 Å². The van der Waals surface area contributed by atoms with Gasteiger partial charge in [-0.2, -0.15) is 0 Å². The summed E-state index contributed by atoms with van der Waals surface area (Å²) in [5.74, 6) is -1.91. The lowest BCUT2D eigenvalue weighted by molar-refractivity contribution is -0.150. The van der Waals surface area contributed by atoms with Gasteiger partial charge in [0, 0.05) is 31.0 Å². The fourth-order valence-electron chi connectivity index (χ4n) is 3.52. The molecule has 2 aliphatic heterocycles. The second-order valence-corrected chi connectivity index (χ2v) is 10.6. The number of hydrogen-bond donors (Lipinski definition) is 6. The number of oxime groups is 1. The maximum atomic E-state index is 13.0. The number of thiazole rings is 1. The zero-order chi connectivity index (χ0) is 27.6. The number of aromatic amines is 1. The van der Waals surface area contributed by atoms with Gasteiger partial charge < -0.3 is 30.4 Å². The van der Waals surface area contributed by atoms with Gasteiger partial charge in [0.1, 0.15) is 23.7 Å². The molecule has 0 radical (unpaired) electrons. The van der Waals surface area contributed by atoms with Crippen LogP contribution in [0.1, 0.15) is 11.5 Å². The van der Waals surface area contributed by atoms with Crippen LogP contribution in [-0.4, -0.2) is 94.4 Å². The number of thioether (sulfide) groups is 2. The first kappa shape index (κ1) is 27.4. The Morgan fingerprint density at radius 3 is 2.76 bits per heavy atom. The molecule has 1 saturated heterocycles. The Balaban J connectivity index is 1.50. The lowest BCUT2D eigenvalue weighted by Gasteiger charge is -2.49. The zero-order valence-electron chi connectivity index (χ0n) is 19.7. The summed E-state index contributed by atoms with van der Waals surface area (Å²) in [6.07, 6.45) is -0.930. The Morgan fingerprint density at radius 1 is 1.39 bits per heavy atom. The quantitative estimate of drug-likeness (QED) is 0.0673. The average Bonchev–Trinajstić information content (AvgIpc) is 3.49. The van der Waals surface area contributed by atoms with Crippen molar-refractivity contribution < 1.29 is 34.2 Å². The molecular weight excluding hydrogens is 562 g/mol. The first-order valence-electron chi connectivity index (χ1n) is 10.7. The number of carboxylic acids is 1. The van der Waals surface area contributed by atoms with Crippen LogP contribution >= 0.6 is 34.9 Å². The maximum absolute atomic E-state index is 13.0. The van der Waals surface area contributed by atoms with E-state index in [1.165, 1.54) is 36.0 Å². The van der Waals surface area contributed by atoms with Gasteiger partial charge in [-0.3, -0.25) is 24.7 Å². The zero-order valence-corrected chi connectivity index (χ0v) is 22.2. The van der Waals surface area contributed by atoms with E-state index in [-0.39, 0.29) is 40.0 Å². The van der Waals surface area contributed by atoms with Crippen molar-refractivity contribution in [1.82, 2.24) is 35.3 Å². The number of β-lactam (4-membered cyclic amide) rings is 1. The van der Waals surface area contributed by atoms with Crippen molar-refractivity contribution in [3.63, 3.8) is 0 Å². The SMILES string of the molecule is CNC(=O)ON=C(C(=O)NC1C(=O)N2C(C(=O)O)=C(CSc3nnc(CO)n3C)CS[C@@H]12)c1csc(=N)[nH]1. The Hall–Kier alpha value is -3.68. The molecule has 0 bridgehead atoms. The summed E-state index contributed by atoms with van der Waals surface area (Å²) in [4.78, 5) is 58.0. The summed E-state index contributed by atoms with van der Waals surface area (Å²) in [6.45, 7) is -0.293. The number of rotatable bonds is 9. The number of carbonyl (C=O) groups is 4. The van der Waals surface area contributed by atoms with Crippen LogP contribution in [0.5, 0.6) is 0 Å². The van der Waals surface area contributed by atoms with E-state index in [1.807, 2.05) is 0 Å². The largest absolute Gasteiger partial charge is 0.477 e. The standard InChI is InChI=1S/C19H21N9O7S3/c1-21-19(34)35-26-10(8-6-37-17(20)22-8)13(30)23-11-14(31)28-12(16(32)33)7(4-36-15(11)28)5-38-18-25-24-9(3-29)27(18)2/h6,11,15,29H,3-5H2,1-2H3,(H2,20,22)(H,21,34)(H,23,30)(H,32,33)/t11?,15-/m0/s1. The molecular formula is C19H21N9O7S3. The van der Waals surface area contributed by atoms with Gasteiger partial charge in [-0.1, -0.05) is 16.9 Å². The van der Waals surface area contributed by atoms with Crippen molar-refractivity contribution in [2.24, 2.45) is 12.2 Å². The summed E-state index contributed by atoms with van der Waals surface area (Å²) in [7, 11) is 2.98. The molecule has 3 amide bonds. The molecule has 0 aromatic carbocycles. The monoisotopic (exact) mass is 583 g/mol. The Bertz CT molecular complexity index is 1410. The third-order valence-corrected chi connectivity index (χ3v) is 8.55. The van der Waals surface area contributed by atoms with Gasteiger partial charge in [-0.15, -0.1) is 33.3 Å². The highest BCUT2D eigenvalue weighted by Gasteiger charge is 2.54. The number of fused-ring (bicyclic) bond motifs is 1. The van der Waals surface area contributed by atoms with E-state index in [0.29, 0.717) is 16.6 Å². The Morgan fingerprint density at radius 2 is 2.16 bits per heavy atom. The smallest absolute Gasteiger partial charge is 0.433 e. The Kier molecular flexibility index (Phi) is 8.19. The summed E-state index contributed by atoms with van der Waals surface area (Å²) < 4.78 is 1.59. The van der Waals surface area contributed by atoms with Crippen LogP contribution in [0.3, 0.4) is 0 Å². The first-order valence-corrected chi connectivity index (χ1v) is 13.6. The molecule has 1 fully saturated rings. The topological polar surface area (TPSA) is 228 Å². The molecule has 4 heterocycles. The average molecular weight is 584 g/mol. The van der Waals surface area contributed by atoms with Crippen molar-refractivity contribution in [3.05, 3.63) is 33.0 Å². The van der Waals surface area contributed by atoms with Gasteiger partial charge in [0.05, 0.1) is 5.69 Å². The number of aliphatic hydroxyl groups is 1. The highest BCUT2D eigenvalue weighted by Crippen LogP contribution is 2.41. The minimum absolute atomic E-state index is 0.0183. The number of aliphatic carboxylic acids is 1. The lowest BCUT2D eigenvalue weighted by Crippen LogP contribution is -2.71. The molecule has 2 aliphatic rings. The highest BCUT2D eigenvalue weighted by atomic mass is 32.2. The normalized spacial score (nSPS) is 19.1. The number of aromatic nitrogens is 4. The molecule has 2 aromatic heterocycles. The van der Waals surface area contributed by atoms with Crippen molar-refractivity contribution >= 4 is 64.4 Å². The second-order valence-electron chi connectivity index (χ2n) is 7.70. The number of carboxylic acid groups (broad SMARTS) is 1. The minimum atomic E-state index is -1.28. The number of H-pyrrole nitrogens is 1. The fourth-order valence-corrected chi connectivity index (χ4v) is 6.51. The third-order valence-electron chi connectivity index (χ3n) is 5.42. The molecule has 38 heavy (non-hydrogen) atoms. The van der Waals surface area contributed by atoms with Crippen LogP contribution < -0.4 is 15.4 Å². The molecule has 0 aliphatic carbocycles. The van der Waals surface area contributed by atoms with Gasteiger partial charge in [0.25, 0.3) is 11.8 Å². The van der Waals surface area contributed by atoms with Gasteiger partial charge in [-0.25, -0.2) is 9.59 Å². The van der Waals surface area contributed by atoms with Crippen LogP contribution in [0.2, 0.25) is 0 Å². The van der Waals surface area contributed by atoms with E-state index in [9.17, 15) is 29.4 Å². The predicted octanol–water partition coefficient (Wildman–Crippen LogP) is -1.23. The van der Waals surface area contributed by atoms with Gasteiger partial charge in [-0.05, 0) is 5.57 Å². The van der Waals surface area contributed by atoms with E-state index in [1.54, 1.807) is 11.6 Å². The molecule has 0 spiro atoms. The van der Waals surface area contributed by atoms with Crippen molar-refractivity contribution in [2.45, 2.75) is 23.2 Å². The van der Waals surface area contributed by atoms with E-state index < -0.39 is 35.3 Å². The molecule has 1 unspecified atom stereocenters. The van der Waals surface area contributed by atoms with Crippen LogP contribution in [0.4, 0.5) is 4.79 Å². The predicted molar refractivity (Wildman–Crippen MR) is 134 cm³/mol. The molecule has 4 rings (SSSR count). The number of nitrogens with zero attached hydrogens (tertiary/aromatic N) is 5. The minimum Gasteiger partial charge on any atom is -0.477 e. The number of amides is 3. The third kappa shape index (κ3) is 5.30. The van der Waals surface area contributed by atoms with Gasteiger partial charge >= 0.3 is 12.1 Å². The molecule has 2 aromatic rings. The molecule has 2 atom stereocenters. The van der Waals surface area contributed by atoms with Crippen molar-refractivity contribution in [1.29, 1.82) is 5.41 Å². The van der Waals surface area contributed by atoms with E-state index >= 15 is 0 Å². The summed E-state index contributed by atoms with van der Waals surface area (Å²) in [6, 6.07) is -1.05. The number of hydrogen-bond acceptors (Lipinski definition) is 13. The first-order chi connectivity index (χ1) is 18.2. The van der Waals surface area contributed by atoms with E-state index in [2.05, 4.69) is 35.8 Å². The second kappa shape index (κ2) is 11.4. The number of aliphatic hydroxyl groups excluding tert-OH is 1. The summed E-state index contributed by atoms with van der Waals surface area (Å²) >= 11 is 3.48. The summed E-state index contributed by atoms with van der Waals surface area (Å²) in [5.41, 5.74) is 0.0583. The Labute approximate surface area is 226 Å². The number of nitrogens with one attached hydrogen (secondary N) is 4. The molecule has 16 nitrogen and oxygen atoms in total. The fraction of sp³-hybridized carbons (Fsp3) is 0.368. The number of carbonyl (C=O) groups excluding carboxylic acids is 3.